The lowest BCUT2D eigenvalue weighted by Crippen LogP contribution is -2.18. The summed E-state index contributed by atoms with van der Waals surface area (Å²) in [6, 6.07) is 15.5. The third-order valence-corrected chi connectivity index (χ3v) is 3.65. The van der Waals surface area contributed by atoms with Crippen molar-refractivity contribution in [3.8, 4) is 23.3 Å². The molecule has 0 heterocycles. The highest BCUT2D eigenvalue weighted by atomic mass is 16.5. The Kier molecular flexibility index (Phi) is 10.9. The highest BCUT2D eigenvalue weighted by molar-refractivity contribution is 5.41. The maximum atomic E-state index is 9.34. The molecule has 0 radical (unpaired) electrons. The monoisotopic (exact) mass is 340 g/mol. The summed E-state index contributed by atoms with van der Waals surface area (Å²) >= 11 is 0. The van der Waals surface area contributed by atoms with Gasteiger partial charge in [-0.05, 0) is 49.2 Å². The molecule has 0 aliphatic rings. The van der Waals surface area contributed by atoms with Gasteiger partial charge in [0.2, 0.25) is 0 Å². The van der Waals surface area contributed by atoms with Gasteiger partial charge < -0.3 is 9.84 Å². The van der Waals surface area contributed by atoms with Gasteiger partial charge in [-0.1, -0.05) is 58.4 Å². The first kappa shape index (κ1) is 22.6. The van der Waals surface area contributed by atoms with E-state index in [9.17, 15) is 5.11 Å². The van der Waals surface area contributed by atoms with Crippen molar-refractivity contribution < 1.29 is 9.84 Å². The number of aromatic hydroxyl groups is 1. The van der Waals surface area contributed by atoms with E-state index in [1.54, 1.807) is 19.2 Å². The lowest BCUT2D eigenvalue weighted by molar-refractivity contribution is 0.414. The topological polar surface area (TPSA) is 29.5 Å². The molecule has 0 aliphatic heterocycles. The average molecular weight is 341 g/mol. The van der Waals surface area contributed by atoms with Crippen LogP contribution in [0.2, 0.25) is 0 Å². The Bertz CT molecular complexity index is 635. The van der Waals surface area contributed by atoms with Gasteiger partial charge in [0.05, 0.1) is 7.11 Å². The SMILES string of the molecule is CC#CC.CCC.COc1ccc(C(C)(C)c2ccc(O)cc2)cc1. The van der Waals surface area contributed by atoms with Crippen molar-refractivity contribution in [3.05, 3.63) is 59.7 Å². The minimum absolute atomic E-state index is 0.0973. The summed E-state index contributed by atoms with van der Waals surface area (Å²) in [7, 11) is 1.67. The number of rotatable bonds is 3. The lowest BCUT2D eigenvalue weighted by atomic mass is 9.78. The van der Waals surface area contributed by atoms with Gasteiger partial charge in [0.1, 0.15) is 11.5 Å². The molecule has 0 aliphatic carbocycles. The fraction of sp³-hybridized carbons (Fsp3) is 0.391. The van der Waals surface area contributed by atoms with Crippen LogP contribution in [-0.2, 0) is 5.41 Å². The zero-order valence-corrected chi connectivity index (χ0v) is 16.7. The van der Waals surface area contributed by atoms with Crippen LogP contribution in [0.5, 0.6) is 11.5 Å². The van der Waals surface area contributed by atoms with Gasteiger partial charge in [-0.3, -0.25) is 0 Å². The van der Waals surface area contributed by atoms with Crippen LogP contribution in [0.4, 0.5) is 0 Å². The summed E-state index contributed by atoms with van der Waals surface area (Å²) in [5, 5.41) is 9.34. The van der Waals surface area contributed by atoms with Gasteiger partial charge in [-0.15, -0.1) is 11.8 Å². The predicted octanol–water partition coefficient (Wildman–Crippen LogP) is 6.17. The van der Waals surface area contributed by atoms with Crippen LogP contribution in [0.1, 0.15) is 59.1 Å². The van der Waals surface area contributed by atoms with Gasteiger partial charge >= 0.3 is 0 Å². The predicted molar refractivity (Wildman–Crippen MR) is 108 cm³/mol. The first-order chi connectivity index (χ1) is 11.9. The van der Waals surface area contributed by atoms with Gasteiger partial charge in [-0.2, -0.15) is 0 Å². The fourth-order valence-corrected chi connectivity index (χ4v) is 2.05. The Hall–Kier alpha value is -2.40. The third-order valence-electron chi connectivity index (χ3n) is 3.65. The third kappa shape index (κ3) is 7.81. The van der Waals surface area contributed by atoms with Crippen LogP contribution >= 0.6 is 0 Å². The van der Waals surface area contributed by atoms with Crippen LogP contribution in [0.25, 0.3) is 0 Å². The number of hydrogen-bond donors (Lipinski definition) is 1. The summed E-state index contributed by atoms with van der Waals surface area (Å²) in [6.07, 6.45) is 1.25. The molecule has 25 heavy (non-hydrogen) atoms. The Morgan fingerprint density at radius 2 is 1.20 bits per heavy atom. The molecule has 2 aromatic rings. The largest absolute Gasteiger partial charge is 0.508 e. The average Bonchev–Trinajstić information content (AvgIpc) is 2.63. The summed E-state index contributed by atoms with van der Waals surface area (Å²) in [6.45, 7) is 12.2. The molecule has 136 valence electrons. The van der Waals surface area contributed by atoms with E-state index in [-0.39, 0.29) is 5.41 Å². The molecule has 0 bridgehead atoms. The van der Waals surface area contributed by atoms with E-state index >= 15 is 0 Å². The summed E-state index contributed by atoms with van der Waals surface area (Å²) < 4.78 is 5.17. The van der Waals surface area contributed by atoms with Crippen molar-refractivity contribution >= 4 is 0 Å². The van der Waals surface area contributed by atoms with Crippen LogP contribution in [0, 0.1) is 11.8 Å². The molecule has 0 saturated heterocycles. The summed E-state index contributed by atoms with van der Waals surface area (Å²) in [4.78, 5) is 0. The van der Waals surface area contributed by atoms with E-state index in [2.05, 4.69) is 51.7 Å². The van der Waals surface area contributed by atoms with Crippen LogP contribution in [-0.4, -0.2) is 12.2 Å². The smallest absolute Gasteiger partial charge is 0.118 e. The molecule has 2 nitrogen and oxygen atoms in total. The minimum Gasteiger partial charge on any atom is -0.508 e. The second kappa shape index (κ2) is 12.0. The Morgan fingerprint density at radius 1 is 0.840 bits per heavy atom. The lowest BCUT2D eigenvalue weighted by Gasteiger charge is -2.26. The maximum Gasteiger partial charge on any atom is 0.118 e. The molecule has 0 amide bonds. The quantitative estimate of drug-likeness (QED) is 0.677. The van der Waals surface area contributed by atoms with Crippen molar-refractivity contribution in [2.45, 2.75) is 53.4 Å². The molecule has 2 heteroatoms. The van der Waals surface area contributed by atoms with Gasteiger partial charge in [0.25, 0.3) is 0 Å². The second-order valence-electron chi connectivity index (χ2n) is 6.11. The van der Waals surface area contributed by atoms with Gasteiger partial charge in [-0.25, -0.2) is 0 Å². The van der Waals surface area contributed by atoms with Crippen LogP contribution in [0.3, 0.4) is 0 Å². The second-order valence-corrected chi connectivity index (χ2v) is 6.11. The molecule has 0 spiro atoms. The Morgan fingerprint density at radius 3 is 1.52 bits per heavy atom. The molecule has 2 rings (SSSR count). The Balaban J connectivity index is 0.000000708. The van der Waals surface area contributed by atoms with Crippen molar-refractivity contribution in [2.24, 2.45) is 0 Å². The zero-order valence-electron chi connectivity index (χ0n) is 16.7. The van der Waals surface area contributed by atoms with E-state index in [4.69, 9.17) is 4.74 Å². The van der Waals surface area contributed by atoms with Crippen LogP contribution < -0.4 is 4.74 Å². The van der Waals surface area contributed by atoms with Gasteiger partial charge in [0, 0.05) is 5.41 Å². The number of phenols is 1. The van der Waals surface area contributed by atoms with E-state index in [0.717, 1.165) is 5.75 Å². The molecule has 0 atom stereocenters. The maximum absolute atomic E-state index is 9.34. The molecular weight excluding hydrogens is 308 g/mol. The number of benzene rings is 2. The van der Waals surface area contributed by atoms with Crippen molar-refractivity contribution in [1.29, 1.82) is 0 Å². The van der Waals surface area contributed by atoms with E-state index in [0.29, 0.717) is 5.75 Å². The zero-order chi connectivity index (χ0) is 19.3. The van der Waals surface area contributed by atoms with Gasteiger partial charge in [0.15, 0.2) is 0 Å². The first-order valence-electron chi connectivity index (χ1n) is 8.64. The van der Waals surface area contributed by atoms with Crippen molar-refractivity contribution in [2.75, 3.05) is 7.11 Å². The molecule has 0 unspecified atom stereocenters. The standard InChI is InChI=1S/C16H18O2.C4H6.C3H8/c1-16(2,12-4-8-14(17)9-5-12)13-6-10-15(18-3)11-7-13;1-3-4-2;1-3-2/h4-11,17H,1-3H3;1-2H3;3H2,1-2H3. The molecule has 0 saturated carbocycles. The highest BCUT2D eigenvalue weighted by Gasteiger charge is 2.22. The number of hydrogen-bond acceptors (Lipinski definition) is 2. The minimum atomic E-state index is -0.0973. The molecule has 0 aromatic heterocycles. The van der Waals surface area contributed by atoms with E-state index in [1.807, 2.05) is 38.1 Å². The molecule has 0 fully saturated rings. The molecule has 1 N–H and O–H groups in total. The summed E-state index contributed by atoms with van der Waals surface area (Å²) in [5.41, 5.74) is 2.29. The number of methoxy groups -OCH3 is 1. The first-order valence-corrected chi connectivity index (χ1v) is 8.64. The van der Waals surface area contributed by atoms with Crippen LogP contribution in [0.15, 0.2) is 48.5 Å². The number of phenolic OH excluding ortho intramolecular Hbond substituents is 1. The van der Waals surface area contributed by atoms with E-state index < -0.39 is 0 Å². The molecule has 2 aromatic carbocycles. The number of ether oxygens (including phenoxy) is 1. The highest BCUT2D eigenvalue weighted by Crippen LogP contribution is 2.33. The van der Waals surface area contributed by atoms with Crippen molar-refractivity contribution in [3.63, 3.8) is 0 Å². The molecular formula is C23H32O2. The summed E-state index contributed by atoms with van der Waals surface area (Å²) in [5.74, 6) is 6.52. The fourth-order valence-electron chi connectivity index (χ4n) is 2.05. The van der Waals surface area contributed by atoms with E-state index in [1.165, 1.54) is 17.5 Å². The van der Waals surface area contributed by atoms with Crippen molar-refractivity contribution in [1.82, 2.24) is 0 Å². The Labute approximate surface area is 153 Å². The normalized spacial score (nSPS) is 9.40.